The Morgan fingerprint density at radius 3 is 2.67 bits per heavy atom. The average Bonchev–Trinajstić information content (AvgIpc) is 2.27. The highest BCUT2D eigenvalue weighted by atomic mass is 19.3. The maximum Gasteiger partial charge on any atom is 0.346 e. The standard InChI is InChI=1S/C9H7F3N2O4/c1-2-18-9(15)4-3-13-6(8(11)12)5(10)7(4)14(16)17/h3,8H,2H2,1H3. The fourth-order valence-electron chi connectivity index (χ4n) is 1.18. The Morgan fingerprint density at radius 1 is 1.61 bits per heavy atom. The van der Waals surface area contributed by atoms with Crippen molar-refractivity contribution < 1.29 is 27.6 Å². The molecule has 9 heteroatoms. The number of nitro groups is 1. The van der Waals surface area contributed by atoms with Crippen molar-refractivity contribution in [2.24, 2.45) is 0 Å². The number of nitrogens with zero attached hydrogens (tertiary/aromatic N) is 2. The number of halogens is 3. The van der Waals surface area contributed by atoms with Crippen molar-refractivity contribution in [1.82, 2.24) is 4.98 Å². The number of hydrogen-bond acceptors (Lipinski definition) is 5. The molecule has 0 saturated heterocycles. The first kappa shape index (κ1) is 13.9. The van der Waals surface area contributed by atoms with Crippen molar-refractivity contribution in [3.63, 3.8) is 0 Å². The highest BCUT2D eigenvalue weighted by molar-refractivity contribution is 5.93. The number of pyridine rings is 1. The molecule has 1 heterocycles. The van der Waals surface area contributed by atoms with Crippen LogP contribution in [0.2, 0.25) is 0 Å². The van der Waals surface area contributed by atoms with Gasteiger partial charge in [0.1, 0.15) is 5.69 Å². The van der Waals surface area contributed by atoms with Gasteiger partial charge in [0, 0.05) is 6.20 Å². The van der Waals surface area contributed by atoms with E-state index in [1.165, 1.54) is 6.92 Å². The molecule has 0 aliphatic carbocycles. The zero-order valence-corrected chi connectivity index (χ0v) is 9.02. The summed E-state index contributed by atoms with van der Waals surface area (Å²) < 4.78 is 42.5. The molecule has 0 amide bonds. The van der Waals surface area contributed by atoms with Crippen molar-refractivity contribution in [2.45, 2.75) is 13.3 Å². The van der Waals surface area contributed by atoms with Crippen molar-refractivity contribution in [3.05, 3.63) is 33.4 Å². The number of carbonyl (C=O) groups is 1. The van der Waals surface area contributed by atoms with Crippen LogP contribution < -0.4 is 0 Å². The number of hydrogen-bond donors (Lipinski definition) is 0. The van der Waals surface area contributed by atoms with Crippen LogP contribution in [0.4, 0.5) is 18.9 Å². The first-order valence-electron chi connectivity index (χ1n) is 4.68. The Morgan fingerprint density at radius 2 is 2.22 bits per heavy atom. The van der Waals surface area contributed by atoms with Crippen LogP contribution in [0.1, 0.15) is 29.4 Å². The van der Waals surface area contributed by atoms with E-state index < -0.39 is 40.1 Å². The Labute approximate surface area is 98.5 Å². The van der Waals surface area contributed by atoms with Crippen molar-refractivity contribution in [2.75, 3.05) is 6.61 Å². The fourth-order valence-corrected chi connectivity index (χ4v) is 1.18. The van der Waals surface area contributed by atoms with Crippen LogP contribution in [-0.2, 0) is 4.74 Å². The van der Waals surface area contributed by atoms with Gasteiger partial charge in [0.05, 0.1) is 11.5 Å². The molecule has 0 N–H and O–H groups in total. The number of aromatic nitrogens is 1. The Kier molecular flexibility index (Phi) is 4.18. The Bertz CT molecular complexity index is 493. The minimum absolute atomic E-state index is 0.103. The molecule has 1 aromatic rings. The summed E-state index contributed by atoms with van der Waals surface area (Å²) in [6, 6.07) is 0. The topological polar surface area (TPSA) is 82.3 Å². The molecule has 0 unspecified atom stereocenters. The second-order valence-electron chi connectivity index (χ2n) is 3.00. The average molecular weight is 264 g/mol. The van der Waals surface area contributed by atoms with Gasteiger partial charge in [0.2, 0.25) is 5.82 Å². The molecule has 0 fully saturated rings. The largest absolute Gasteiger partial charge is 0.462 e. The second-order valence-corrected chi connectivity index (χ2v) is 3.00. The van der Waals surface area contributed by atoms with Crippen LogP contribution in [0.3, 0.4) is 0 Å². The molecular weight excluding hydrogens is 257 g/mol. The summed E-state index contributed by atoms with van der Waals surface area (Å²) in [6.45, 7) is 1.33. The third-order valence-electron chi connectivity index (χ3n) is 1.91. The van der Waals surface area contributed by atoms with Crippen LogP contribution in [0.15, 0.2) is 6.20 Å². The first-order chi connectivity index (χ1) is 8.40. The van der Waals surface area contributed by atoms with Crippen LogP contribution in [0.25, 0.3) is 0 Å². The van der Waals surface area contributed by atoms with Gasteiger partial charge in [-0.05, 0) is 6.92 Å². The highest BCUT2D eigenvalue weighted by Gasteiger charge is 2.32. The van der Waals surface area contributed by atoms with Crippen molar-refractivity contribution >= 4 is 11.7 Å². The van der Waals surface area contributed by atoms with E-state index in [4.69, 9.17) is 0 Å². The second kappa shape index (κ2) is 5.43. The van der Waals surface area contributed by atoms with Gasteiger partial charge in [-0.1, -0.05) is 0 Å². The maximum absolute atomic E-state index is 13.4. The van der Waals surface area contributed by atoms with E-state index in [0.29, 0.717) is 6.20 Å². The molecule has 0 bridgehead atoms. The molecule has 0 aliphatic rings. The van der Waals surface area contributed by atoms with E-state index in [2.05, 4.69) is 9.72 Å². The monoisotopic (exact) mass is 264 g/mol. The number of rotatable bonds is 4. The maximum atomic E-state index is 13.4. The first-order valence-corrected chi connectivity index (χ1v) is 4.68. The molecule has 0 radical (unpaired) electrons. The van der Waals surface area contributed by atoms with Gasteiger partial charge in [-0.15, -0.1) is 0 Å². The number of carbonyl (C=O) groups excluding carboxylic acids is 1. The van der Waals surface area contributed by atoms with Crippen LogP contribution in [-0.4, -0.2) is 22.5 Å². The number of alkyl halides is 2. The van der Waals surface area contributed by atoms with Crippen molar-refractivity contribution in [1.29, 1.82) is 0 Å². The molecule has 6 nitrogen and oxygen atoms in total. The lowest BCUT2D eigenvalue weighted by Gasteiger charge is -2.06. The van der Waals surface area contributed by atoms with Crippen LogP contribution in [0, 0.1) is 15.9 Å². The molecule has 0 atom stereocenters. The van der Waals surface area contributed by atoms with Gasteiger partial charge >= 0.3 is 11.7 Å². The predicted molar refractivity (Wildman–Crippen MR) is 51.8 cm³/mol. The fraction of sp³-hybridized carbons (Fsp3) is 0.333. The highest BCUT2D eigenvalue weighted by Crippen LogP contribution is 2.29. The van der Waals surface area contributed by atoms with Crippen LogP contribution in [0.5, 0.6) is 0 Å². The lowest BCUT2D eigenvalue weighted by Crippen LogP contribution is -2.12. The molecule has 0 saturated carbocycles. The lowest BCUT2D eigenvalue weighted by atomic mass is 10.2. The van der Waals surface area contributed by atoms with Crippen LogP contribution >= 0.6 is 0 Å². The molecular formula is C9H7F3N2O4. The smallest absolute Gasteiger partial charge is 0.346 e. The molecule has 1 aromatic heterocycles. The molecule has 0 spiro atoms. The van der Waals surface area contributed by atoms with Gasteiger partial charge in [-0.2, -0.15) is 4.39 Å². The normalized spacial score (nSPS) is 10.5. The summed E-state index contributed by atoms with van der Waals surface area (Å²) in [6.07, 6.45) is -2.82. The van der Waals surface area contributed by atoms with E-state index in [1.54, 1.807) is 0 Å². The van der Waals surface area contributed by atoms with Gasteiger partial charge < -0.3 is 4.74 Å². The van der Waals surface area contributed by atoms with Crippen molar-refractivity contribution in [3.8, 4) is 0 Å². The Hall–Kier alpha value is -2.19. The predicted octanol–water partition coefficient (Wildman–Crippen LogP) is 2.24. The number of ether oxygens (including phenoxy) is 1. The summed E-state index contributed by atoms with van der Waals surface area (Å²) >= 11 is 0. The van der Waals surface area contributed by atoms with E-state index in [1.807, 2.05) is 0 Å². The molecule has 18 heavy (non-hydrogen) atoms. The van der Waals surface area contributed by atoms with Gasteiger partial charge in [0.25, 0.3) is 6.43 Å². The Balaban J connectivity index is 3.41. The zero-order chi connectivity index (χ0) is 13.9. The third kappa shape index (κ3) is 2.55. The SMILES string of the molecule is CCOC(=O)c1cnc(C(F)F)c(F)c1[N+](=O)[O-]. The van der Waals surface area contributed by atoms with E-state index in [-0.39, 0.29) is 6.61 Å². The minimum atomic E-state index is -3.32. The van der Waals surface area contributed by atoms with E-state index in [0.717, 1.165) is 0 Å². The van der Waals surface area contributed by atoms with Gasteiger partial charge in [-0.25, -0.2) is 13.6 Å². The summed E-state index contributed by atoms with van der Waals surface area (Å²) in [4.78, 5) is 23.6. The molecule has 1 rings (SSSR count). The molecule has 98 valence electrons. The third-order valence-corrected chi connectivity index (χ3v) is 1.91. The molecule has 0 aliphatic heterocycles. The molecule has 0 aromatic carbocycles. The zero-order valence-electron chi connectivity index (χ0n) is 9.02. The quantitative estimate of drug-likeness (QED) is 0.473. The minimum Gasteiger partial charge on any atom is -0.462 e. The van der Waals surface area contributed by atoms with Gasteiger partial charge in [0.15, 0.2) is 5.56 Å². The summed E-state index contributed by atoms with van der Waals surface area (Å²) in [5.74, 6) is -3.03. The van der Waals surface area contributed by atoms with Gasteiger partial charge in [-0.3, -0.25) is 15.1 Å². The van der Waals surface area contributed by atoms with E-state index in [9.17, 15) is 28.1 Å². The lowest BCUT2D eigenvalue weighted by molar-refractivity contribution is -0.388. The van der Waals surface area contributed by atoms with E-state index >= 15 is 0 Å². The summed E-state index contributed by atoms with van der Waals surface area (Å²) in [5.41, 5.74) is -3.54. The number of esters is 1. The summed E-state index contributed by atoms with van der Waals surface area (Å²) in [7, 11) is 0. The summed E-state index contributed by atoms with van der Waals surface area (Å²) in [5, 5.41) is 10.6.